The molecule has 0 aliphatic carbocycles. The molecule has 0 saturated heterocycles. The molecule has 0 unspecified atom stereocenters. The second-order valence-electron chi connectivity index (χ2n) is 3.92. The van der Waals surface area contributed by atoms with Crippen LogP contribution in [0.25, 0.3) is 11.2 Å². The maximum Gasteiger partial charge on any atom is 0.332 e. The summed E-state index contributed by atoms with van der Waals surface area (Å²) < 4.78 is 3.64. The summed E-state index contributed by atoms with van der Waals surface area (Å²) in [5.41, 5.74) is -0.460. The van der Waals surface area contributed by atoms with Crippen molar-refractivity contribution in [3.63, 3.8) is 0 Å². The van der Waals surface area contributed by atoms with Crippen molar-refractivity contribution in [1.82, 2.24) is 18.7 Å². The molecule has 96 valence electrons. The first-order valence-corrected chi connectivity index (χ1v) is 5.69. The highest BCUT2D eigenvalue weighted by Crippen LogP contribution is 2.05. The number of alkyl halides is 1. The van der Waals surface area contributed by atoms with E-state index in [1.807, 2.05) is 0 Å². The summed E-state index contributed by atoms with van der Waals surface area (Å²) in [6.45, 7) is -0.0343. The summed E-state index contributed by atoms with van der Waals surface area (Å²) in [5, 5.41) is 0. The van der Waals surface area contributed by atoms with Crippen LogP contribution in [0, 0.1) is 0 Å². The summed E-state index contributed by atoms with van der Waals surface area (Å²) in [5.74, 6) is -0.363. The summed E-state index contributed by atoms with van der Waals surface area (Å²) in [6.07, 6.45) is 1.36. The Morgan fingerprint density at radius 2 is 2.00 bits per heavy atom. The fourth-order valence-electron chi connectivity index (χ4n) is 1.75. The van der Waals surface area contributed by atoms with Gasteiger partial charge in [0.05, 0.1) is 18.8 Å². The molecule has 0 aromatic carbocycles. The van der Waals surface area contributed by atoms with E-state index < -0.39 is 11.2 Å². The standard InChI is InChI=1S/C10H11ClN4O3/c1-13-8-7(9(17)14(2)10(13)18)15(5-12-8)4-6(16)3-11/h5H,3-4H2,1-2H3. The minimum atomic E-state index is -0.479. The normalized spacial score (nSPS) is 11.1. The van der Waals surface area contributed by atoms with E-state index in [2.05, 4.69) is 4.98 Å². The Bertz CT molecular complexity index is 740. The Kier molecular flexibility index (Phi) is 3.08. The van der Waals surface area contributed by atoms with E-state index in [0.717, 1.165) is 4.57 Å². The highest BCUT2D eigenvalue weighted by molar-refractivity contribution is 6.27. The van der Waals surface area contributed by atoms with Crippen molar-refractivity contribution in [3.05, 3.63) is 27.2 Å². The van der Waals surface area contributed by atoms with Gasteiger partial charge >= 0.3 is 5.69 Å². The van der Waals surface area contributed by atoms with Crippen LogP contribution in [0.3, 0.4) is 0 Å². The van der Waals surface area contributed by atoms with Crippen LogP contribution in [-0.4, -0.2) is 30.3 Å². The molecule has 0 aliphatic heterocycles. The number of imidazole rings is 1. The van der Waals surface area contributed by atoms with Crippen LogP contribution in [0.15, 0.2) is 15.9 Å². The third kappa shape index (κ3) is 1.76. The minimum Gasteiger partial charge on any atom is -0.317 e. The number of hydrogen-bond donors (Lipinski definition) is 0. The lowest BCUT2D eigenvalue weighted by molar-refractivity contribution is -0.117. The smallest absolute Gasteiger partial charge is 0.317 e. The Labute approximate surface area is 106 Å². The summed E-state index contributed by atoms with van der Waals surface area (Å²) in [6, 6.07) is 0. The summed E-state index contributed by atoms with van der Waals surface area (Å²) >= 11 is 5.43. The topological polar surface area (TPSA) is 78.9 Å². The van der Waals surface area contributed by atoms with Gasteiger partial charge in [-0.05, 0) is 0 Å². The summed E-state index contributed by atoms with van der Waals surface area (Å²) in [4.78, 5) is 39.0. The Morgan fingerprint density at radius 1 is 1.33 bits per heavy atom. The zero-order chi connectivity index (χ0) is 13.4. The van der Waals surface area contributed by atoms with Gasteiger partial charge in [-0.15, -0.1) is 11.6 Å². The number of carbonyl (C=O) groups excluding carboxylic acids is 1. The maximum atomic E-state index is 12.0. The monoisotopic (exact) mass is 270 g/mol. The first-order valence-electron chi connectivity index (χ1n) is 5.16. The lowest BCUT2D eigenvalue weighted by atomic mass is 10.4. The van der Waals surface area contributed by atoms with Gasteiger partial charge in [-0.2, -0.15) is 0 Å². The second-order valence-corrected chi connectivity index (χ2v) is 4.19. The minimum absolute atomic E-state index is 0.0343. The van der Waals surface area contributed by atoms with Crippen molar-refractivity contribution < 1.29 is 4.79 Å². The first-order chi connectivity index (χ1) is 8.47. The van der Waals surface area contributed by atoms with Crippen LogP contribution in [0.2, 0.25) is 0 Å². The van der Waals surface area contributed by atoms with Crippen LogP contribution in [0.1, 0.15) is 0 Å². The number of rotatable bonds is 3. The average Bonchev–Trinajstić information content (AvgIpc) is 2.77. The fourth-order valence-corrected chi connectivity index (χ4v) is 1.83. The number of hydrogen-bond acceptors (Lipinski definition) is 4. The van der Waals surface area contributed by atoms with E-state index in [0.29, 0.717) is 0 Å². The molecule has 0 bridgehead atoms. The molecule has 0 aliphatic rings. The second kappa shape index (κ2) is 4.41. The molecular weight excluding hydrogens is 260 g/mol. The molecule has 0 amide bonds. The number of carbonyl (C=O) groups is 1. The average molecular weight is 271 g/mol. The third-order valence-electron chi connectivity index (χ3n) is 2.71. The molecule has 0 saturated carbocycles. The zero-order valence-corrected chi connectivity index (χ0v) is 10.6. The number of ketones is 1. The van der Waals surface area contributed by atoms with Crippen molar-refractivity contribution in [1.29, 1.82) is 0 Å². The van der Waals surface area contributed by atoms with Gasteiger partial charge < -0.3 is 4.57 Å². The van der Waals surface area contributed by atoms with Gasteiger partial charge in [-0.25, -0.2) is 9.78 Å². The largest absolute Gasteiger partial charge is 0.332 e. The Morgan fingerprint density at radius 3 is 2.61 bits per heavy atom. The molecule has 2 rings (SSSR count). The molecule has 0 N–H and O–H groups in total. The number of Topliss-reactive ketones (excluding diaryl/α,β-unsaturated/α-hetero) is 1. The maximum absolute atomic E-state index is 12.0. The molecule has 0 fully saturated rings. The highest BCUT2D eigenvalue weighted by atomic mass is 35.5. The van der Waals surface area contributed by atoms with E-state index in [1.165, 1.54) is 29.6 Å². The Balaban J connectivity index is 2.78. The Hall–Kier alpha value is -1.89. The summed E-state index contributed by atoms with van der Waals surface area (Å²) in [7, 11) is 2.90. The molecule has 2 aromatic rings. The fraction of sp³-hybridized carbons (Fsp3) is 0.400. The number of halogens is 1. The molecule has 0 spiro atoms. The van der Waals surface area contributed by atoms with Crippen LogP contribution in [-0.2, 0) is 25.4 Å². The molecule has 8 heteroatoms. The molecule has 2 heterocycles. The van der Waals surface area contributed by atoms with Crippen molar-refractivity contribution in [3.8, 4) is 0 Å². The van der Waals surface area contributed by atoms with Crippen molar-refractivity contribution in [2.75, 3.05) is 5.88 Å². The third-order valence-corrected chi connectivity index (χ3v) is 3.01. The van der Waals surface area contributed by atoms with E-state index >= 15 is 0 Å². The predicted octanol–water partition coefficient (Wildman–Crippen LogP) is -0.758. The van der Waals surface area contributed by atoms with E-state index in [4.69, 9.17) is 11.6 Å². The lowest BCUT2D eigenvalue weighted by Gasteiger charge is -2.05. The number of aryl methyl sites for hydroxylation is 1. The number of aromatic nitrogens is 4. The van der Waals surface area contributed by atoms with Crippen LogP contribution in [0.5, 0.6) is 0 Å². The van der Waals surface area contributed by atoms with Gasteiger partial charge in [0.15, 0.2) is 16.9 Å². The van der Waals surface area contributed by atoms with Crippen molar-refractivity contribution >= 4 is 28.5 Å². The van der Waals surface area contributed by atoms with Crippen LogP contribution < -0.4 is 11.2 Å². The zero-order valence-electron chi connectivity index (χ0n) is 9.88. The van der Waals surface area contributed by atoms with E-state index in [1.54, 1.807) is 0 Å². The van der Waals surface area contributed by atoms with Gasteiger partial charge in [0.25, 0.3) is 5.56 Å². The SMILES string of the molecule is Cn1c(=O)c2c(ncn2CC(=O)CCl)n(C)c1=O. The molecule has 2 aromatic heterocycles. The van der Waals surface area contributed by atoms with Gasteiger partial charge in [-0.3, -0.25) is 18.7 Å². The molecule has 0 atom stereocenters. The van der Waals surface area contributed by atoms with Gasteiger partial charge in [0.2, 0.25) is 0 Å². The molecule has 18 heavy (non-hydrogen) atoms. The number of nitrogens with zero attached hydrogens (tertiary/aromatic N) is 4. The molecule has 0 radical (unpaired) electrons. The van der Waals surface area contributed by atoms with Gasteiger partial charge in [-0.1, -0.05) is 0 Å². The predicted molar refractivity (Wildman–Crippen MR) is 65.9 cm³/mol. The highest BCUT2D eigenvalue weighted by Gasteiger charge is 2.15. The molecule has 7 nitrogen and oxygen atoms in total. The van der Waals surface area contributed by atoms with Gasteiger partial charge in [0.1, 0.15) is 0 Å². The van der Waals surface area contributed by atoms with Crippen molar-refractivity contribution in [2.45, 2.75) is 6.54 Å². The van der Waals surface area contributed by atoms with E-state index in [9.17, 15) is 14.4 Å². The van der Waals surface area contributed by atoms with E-state index in [-0.39, 0.29) is 29.4 Å². The quantitative estimate of drug-likeness (QED) is 0.687. The van der Waals surface area contributed by atoms with Crippen LogP contribution >= 0.6 is 11.6 Å². The van der Waals surface area contributed by atoms with Crippen molar-refractivity contribution in [2.24, 2.45) is 14.1 Å². The number of fused-ring (bicyclic) bond motifs is 1. The molecular formula is C10H11ClN4O3. The van der Waals surface area contributed by atoms with Crippen LogP contribution in [0.4, 0.5) is 0 Å². The van der Waals surface area contributed by atoms with Gasteiger partial charge in [0, 0.05) is 14.1 Å². The lowest BCUT2D eigenvalue weighted by Crippen LogP contribution is -2.37. The first kappa shape index (κ1) is 12.6.